The van der Waals surface area contributed by atoms with Crippen molar-refractivity contribution in [2.24, 2.45) is 0 Å². The fraction of sp³-hybridized carbons (Fsp3) is 0.222. The van der Waals surface area contributed by atoms with E-state index in [1.54, 1.807) is 11.8 Å². The number of aromatic nitrogens is 2. The molecule has 3 aromatic rings. The summed E-state index contributed by atoms with van der Waals surface area (Å²) in [6.45, 7) is 1.01. The molecule has 3 rings (SSSR count). The third-order valence-corrected chi connectivity index (χ3v) is 4.35. The highest BCUT2D eigenvalue weighted by Gasteiger charge is 2.10. The van der Waals surface area contributed by atoms with Crippen LogP contribution in [0.5, 0.6) is 0 Å². The molecule has 1 aromatic heterocycles. The standard InChI is InChI=1S/C18H18N2O2S/c21-10-11-22-12-13-23-18-16-9-5-4-8-15(16)17(19-20-18)14-6-2-1-3-7-14/h1-9,21H,10-13H2. The first-order valence-corrected chi connectivity index (χ1v) is 8.51. The Kier molecular flexibility index (Phi) is 5.58. The second kappa shape index (κ2) is 8.06. The molecule has 0 atom stereocenters. The number of fused-ring (bicyclic) bond motifs is 1. The zero-order valence-corrected chi connectivity index (χ0v) is 13.5. The molecule has 0 spiro atoms. The SMILES string of the molecule is OCCOCCSc1nnc(-c2ccccc2)c2ccccc12. The first kappa shape index (κ1) is 15.9. The van der Waals surface area contributed by atoms with E-state index in [1.807, 2.05) is 42.5 Å². The Hall–Kier alpha value is -1.95. The number of thioether (sulfide) groups is 1. The summed E-state index contributed by atoms with van der Waals surface area (Å²) in [5.74, 6) is 0.781. The molecule has 0 unspecified atom stereocenters. The third kappa shape index (κ3) is 3.88. The van der Waals surface area contributed by atoms with Gasteiger partial charge in [-0.25, -0.2) is 0 Å². The van der Waals surface area contributed by atoms with Crippen LogP contribution in [0.2, 0.25) is 0 Å². The molecule has 0 aliphatic rings. The molecular weight excluding hydrogens is 308 g/mol. The quantitative estimate of drug-likeness (QED) is 0.533. The predicted octanol–water partition coefficient (Wildman–Crippen LogP) is 3.40. The first-order valence-electron chi connectivity index (χ1n) is 7.52. The Morgan fingerprint density at radius 3 is 2.39 bits per heavy atom. The molecule has 0 radical (unpaired) electrons. The van der Waals surface area contributed by atoms with E-state index < -0.39 is 0 Å². The van der Waals surface area contributed by atoms with Gasteiger partial charge in [-0.3, -0.25) is 0 Å². The molecule has 118 valence electrons. The van der Waals surface area contributed by atoms with E-state index in [0.717, 1.165) is 32.8 Å². The Bertz CT molecular complexity index is 765. The van der Waals surface area contributed by atoms with Gasteiger partial charge in [0.15, 0.2) is 0 Å². The van der Waals surface area contributed by atoms with Crippen LogP contribution < -0.4 is 0 Å². The van der Waals surface area contributed by atoms with Gasteiger partial charge in [-0.15, -0.1) is 22.0 Å². The number of nitrogens with zero attached hydrogens (tertiary/aromatic N) is 2. The molecule has 2 aromatic carbocycles. The van der Waals surface area contributed by atoms with Gasteiger partial charge in [0.1, 0.15) is 10.7 Å². The van der Waals surface area contributed by atoms with E-state index in [4.69, 9.17) is 9.84 Å². The summed E-state index contributed by atoms with van der Waals surface area (Å²) in [6.07, 6.45) is 0. The van der Waals surface area contributed by atoms with E-state index in [-0.39, 0.29) is 6.61 Å². The maximum absolute atomic E-state index is 8.71. The van der Waals surface area contributed by atoms with Gasteiger partial charge in [-0.1, -0.05) is 54.6 Å². The van der Waals surface area contributed by atoms with Crippen LogP contribution in [0.3, 0.4) is 0 Å². The smallest absolute Gasteiger partial charge is 0.127 e. The molecule has 1 heterocycles. The van der Waals surface area contributed by atoms with E-state index in [1.165, 1.54) is 0 Å². The number of hydrogen-bond acceptors (Lipinski definition) is 5. The number of hydrogen-bond donors (Lipinski definition) is 1. The fourth-order valence-corrected chi connectivity index (χ4v) is 3.19. The van der Waals surface area contributed by atoms with E-state index in [9.17, 15) is 0 Å². The van der Waals surface area contributed by atoms with Crippen LogP contribution >= 0.6 is 11.8 Å². The molecule has 4 nitrogen and oxygen atoms in total. The van der Waals surface area contributed by atoms with Crippen molar-refractivity contribution in [1.82, 2.24) is 10.2 Å². The molecule has 0 saturated heterocycles. The van der Waals surface area contributed by atoms with Crippen LogP contribution in [0.25, 0.3) is 22.0 Å². The van der Waals surface area contributed by atoms with Gasteiger partial charge >= 0.3 is 0 Å². The van der Waals surface area contributed by atoms with Gasteiger partial charge in [0.2, 0.25) is 0 Å². The zero-order valence-electron chi connectivity index (χ0n) is 12.7. The summed E-state index contributed by atoms with van der Waals surface area (Å²) in [4.78, 5) is 0. The van der Waals surface area contributed by atoms with Crippen molar-refractivity contribution in [2.75, 3.05) is 25.6 Å². The zero-order chi connectivity index (χ0) is 15.9. The molecule has 0 bridgehead atoms. The summed E-state index contributed by atoms with van der Waals surface area (Å²) in [5.41, 5.74) is 1.97. The molecular formula is C18H18N2O2S. The molecule has 0 fully saturated rings. The predicted molar refractivity (Wildman–Crippen MR) is 93.6 cm³/mol. The van der Waals surface area contributed by atoms with Crippen molar-refractivity contribution in [3.05, 3.63) is 54.6 Å². The van der Waals surface area contributed by atoms with Crippen LogP contribution in [-0.4, -0.2) is 40.9 Å². The number of benzene rings is 2. The highest BCUT2D eigenvalue weighted by Crippen LogP contribution is 2.31. The Morgan fingerprint density at radius 1 is 0.870 bits per heavy atom. The van der Waals surface area contributed by atoms with Crippen molar-refractivity contribution in [1.29, 1.82) is 0 Å². The van der Waals surface area contributed by atoms with E-state index >= 15 is 0 Å². The van der Waals surface area contributed by atoms with Crippen LogP contribution in [0.1, 0.15) is 0 Å². The van der Waals surface area contributed by atoms with Crippen molar-refractivity contribution in [3.63, 3.8) is 0 Å². The summed E-state index contributed by atoms with van der Waals surface area (Å²) in [7, 11) is 0. The lowest BCUT2D eigenvalue weighted by atomic mass is 10.1. The van der Waals surface area contributed by atoms with Gasteiger partial charge in [-0.05, 0) is 0 Å². The molecule has 1 N–H and O–H groups in total. The Morgan fingerprint density at radius 2 is 1.61 bits per heavy atom. The summed E-state index contributed by atoms with van der Waals surface area (Å²) in [5, 5.41) is 20.7. The lowest BCUT2D eigenvalue weighted by molar-refractivity contribution is 0.103. The van der Waals surface area contributed by atoms with Crippen LogP contribution in [-0.2, 0) is 4.74 Å². The normalized spacial score (nSPS) is 11.0. The highest BCUT2D eigenvalue weighted by molar-refractivity contribution is 7.99. The topological polar surface area (TPSA) is 55.2 Å². The maximum Gasteiger partial charge on any atom is 0.127 e. The number of aliphatic hydroxyl groups is 1. The number of rotatable bonds is 7. The summed E-state index contributed by atoms with van der Waals surface area (Å²) < 4.78 is 5.29. The first-order chi connectivity index (χ1) is 11.4. The fourth-order valence-electron chi connectivity index (χ4n) is 2.36. The van der Waals surface area contributed by atoms with E-state index in [0.29, 0.717) is 13.2 Å². The maximum atomic E-state index is 8.71. The summed E-state index contributed by atoms with van der Waals surface area (Å²) in [6, 6.07) is 18.3. The average Bonchev–Trinajstić information content (AvgIpc) is 2.62. The second-order valence-electron chi connectivity index (χ2n) is 4.95. The number of aliphatic hydroxyl groups excluding tert-OH is 1. The lowest BCUT2D eigenvalue weighted by Crippen LogP contribution is -2.03. The molecule has 0 aliphatic heterocycles. The molecule has 5 heteroatoms. The third-order valence-electron chi connectivity index (χ3n) is 3.40. The van der Waals surface area contributed by atoms with Crippen molar-refractivity contribution >= 4 is 22.5 Å². The van der Waals surface area contributed by atoms with E-state index in [2.05, 4.69) is 22.3 Å². The summed E-state index contributed by atoms with van der Waals surface area (Å²) >= 11 is 1.62. The monoisotopic (exact) mass is 326 g/mol. The van der Waals surface area contributed by atoms with Crippen LogP contribution in [0, 0.1) is 0 Å². The van der Waals surface area contributed by atoms with Gasteiger partial charge < -0.3 is 9.84 Å². The minimum atomic E-state index is 0.0547. The van der Waals surface area contributed by atoms with Crippen molar-refractivity contribution in [3.8, 4) is 11.3 Å². The van der Waals surface area contributed by atoms with Crippen LogP contribution in [0.15, 0.2) is 59.6 Å². The van der Waals surface area contributed by atoms with Gasteiger partial charge in [0, 0.05) is 22.1 Å². The van der Waals surface area contributed by atoms with Gasteiger partial charge in [0.05, 0.1) is 19.8 Å². The second-order valence-corrected chi connectivity index (χ2v) is 6.03. The average molecular weight is 326 g/mol. The Labute approximate surface area is 139 Å². The molecule has 0 amide bonds. The van der Waals surface area contributed by atoms with Crippen LogP contribution in [0.4, 0.5) is 0 Å². The van der Waals surface area contributed by atoms with Gasteiger partial charge in [-0.2, -0.15) is 0 Å². The largest absolute Gasteiger partial charge is 0.394 e. The van der Waals surface area contributed by atoms with Gasteiger partial charge in [0.25, 0.3) is 0 Å². The lowest BCUT2D eigenvalue weighted by Gasteiger charge is -2.09. The minimum absolute atomic E-state index is 0.0547. The molecule has 0 aliphatic carbocycles. The highest BCUT2D eigenvalue weighted by atomic mass is 32.2. The number of ether oxygens (including phenoxy) is 1. The minimum Gasteiger partial charge on any atom is -0.394 e. The molecule has 23 heavy (non-hydrogen) atoms. The molecule has 0 saturated carbocycles. The van der Waals surface area contributed by atoms with Crippen molar-refractivity contribution in [2.45, 2.75) is 5.03 Å². The van der Waals surface area contributed by atoms with Crippen molar-refractivity contribution < 1.29 is 9.84 Å². The Balaban J connectivity index is 1.87.